The third-order valence-electron chi connectivity index (χ3n) is 3.82. The minimum atomic E-state index is 0.411. The summed E-state index contributed by atoms with van der Waals surface area (Å²) >= 11 is 6.15. The van der Waals surface area contributed by atoms with E-state index < -0.39 is 0 Å². The van der Waals surface area contributed by atoms with E-state index in [1.807, 2.05) is 6.07 Å². The summed E-state index contributed by atoms with van der Waals surface area (Å²) in [5.74, 6) is 1.32. The number of hydrogen-bond acceptors (Lipinski definition) is 1. The van der Waals surface area contributed by atoms with E-state index in [1.165, 1.54) is 16.8 Å². The van der Waals surface area contributed by atoms with Crippen LogP contribution < -0.4 is 0 Å². The molecule has 0 bridgehead atoms. The highest BCUT2D eigenvalue weighted by molar-refractivity contribution is 6.17. The molecule has 0 aliphatic heterocycles. The van der Waals surface area contributed by atoms with E-state index in [2.05, 4.69) is 54.8 Å². The Balaban J connectivity index is 2.34. The molecule has 0 radical (unpaired) electrons. The fraction of sp³-hybridized carbons (Fsp3) is 0.278. The van der Waals surface area contributed by atoms with Gasteiger partial charge in [-0.05, 0) is 36.6 Å². The van der Waals surface area contributed by atoms with Crippen LogP contribution in [-0.4, -0.2) is 9.55 Å². The van der Waals surface area contributed by atoms with Gasteiger partial charge in [0.05, 0.1) is 22.6 Å². The van der Waals surface area contributed by atoms with Gasteiger partial charge in [0.2, 0.25) is 0 Å². The zero-order valence-electron chi connectivity index (χ0n) is 12.4. The molecule has 0 amide bonds. The first-order valence-corrected chi connectivity index (χ1v) is 7.91. The van der Waals surface area contributed by atoms with Gasteiger partial charge in [0.15, 0.2) is 0 Å². The Bertz CT molecular complexity index is 774. The molecule has 3 aromatic rings. The number of imidazole rings is 1. The van der Waals surface area contributed by atoms with Gasteiger partial charge in [-0.3, -0.25) is 4.57 Å². The van der Waals surface area contributed by atoms with Gasteiger partial charge in [-0.25, -0.2) is 4.98 Å². The predicted octanol–water partition coefficient (Wildman–Crippen LogP) is 5.03. The number of rotatable bonds is 4. The lowest BCUT2D eigenvalue weighted by Crippen LogP contribution is -2.04. The first-order valence-electron chi connectivity index (χ1n) is 7.37. The number of alkyl halides is 1. The molecule has 0 N–H and O–H groups in total. The summed E-state index contributed by atoms with van der Waals surface area (Å²) in [4.78, 5) is 4.70. The average Bonchev–Trinajstić information content (AvgIpc) is 2.88. The van der Waals surface area contributed by atoms with Crippen molar-refractivity contribution in [3.8, 4) is 5.69 Å². The molecule has 3 rings (SSSR count). The summed E-state index contributed by atoms with van der Waals surface area (Å²) in [7, 11) is 0. The third-order valence-corrected chi connectivity index (χ3v) is 4.06. The highest BCUT2D eigenvalue weighted by Crippen LogP contribution is 2.27. The molecule has 1 aromatic heterocycles. The minimum absolute atomic E-state index is 0.411. The van der Waals surface area contributed by atoms with Crippen molar-refractivity contribution in [2.45, 2.75) is 32.6 Å². The van der Waals surface area contributed by atoms with Crippen LogP contribution in [-0.2, 0) is 12.3 Å². The van der Waals surface area contributed by atoms with Crippen LogP contribution >= 0.6 is 11.6 Å². The standard InChI is InChI=1S/C18H19ClN2/c1-3-7-14-9-4-5-11-16(14)21-17(12-19)20-15-10-6-8-13(2)18(15)21/h4-6,8-11H,3,7,12H2,1-2H3. The van der Waals surface area contributed by atoms with Crippen molar-refractivity contribution in [3.63, 3.8) is 0 Å². The quantitative estimate of drug-likeness (QED) is 0.618. The fourth-order valence-electron chi connectivity index (χ4n) is 2.90. The maximum Gasteiger partial charge on any atom is 0.129 e. The molecule has 0 fully saturated rings. The van der Waals surface area contributed by atoms with Gasteiger partial charge in [0.25, 0.3) is 0 Å². The zero-order valence-corrected chi connectivity index (χ0v) is 13.2. The van der Waals surface area contributed by atoms with Crippen LogP contribution in [0.15, 0.2) is 42.5 Å². The molecule has 1 heterocycles. The second-order valence-electron chi connectivity index (χ2n) is 5.32. The van der Waals surface area contributed by atoms with Crippen LogP contribution in [0.4, 0.5) is 0 Å². The molecular weight excluding hydrogens is 280 g/mol. The van der Waals surface area contributed by atoms with Crippen LogP contribution in [0.3, 0.4) is 0 Å². The largest absolute Gasteiger partial charge is 0.295 e. The van der Waals surface area contributed by atoms with E-state index in [-0.39, 0.29) is 0 Å². The van der Waals surface area contributed by atoms with Crippen LogP contribution in [0.2, 0.25) is 0 Å². The summed E-state index contributed by atoms with van der Waals surface area (Å²) < 4.78 is 2.22. The second kappa shape index (κ2) is 5.90. The van der Waals surface area contributed by atoms with Crippen molar-refractivity contribution < 1.29 is 0 Å². The maximum absolute atomic E-state index is 6.15. The summed E-state index contributed by atoms with van der Waals surface area (Å²) in [5, 5.41) is 0. The molecule has 0 aliphatic carbocycles. The van der Waals surface area contributed by atoms with Gasteiger partial charge in [-0.1, -0.05) is 43.7 Å². The van der Waals surface area contributed by atoms with Crippen LogP contribution in [0, 0.1) is 6.92 Å². The molecule has 2 nitrogen and oxygen atoms in total. The number of nitrogens with zero attached hydrogens (tertiary/aromatic N) is 2. The third kappa shape index (κ3) is 2.44. The normalized spacial score (nSPS) is 11.2. The Morgan fingerprint density at radius 3 is 2.67 bits per heavy atom. The van der Waals surface area contributed by atoms with Crippen molar-refractivity contribution >= 4 is 22.6 Å². The smallest absolute Gasteiger partial charge is 0.129 e. The summed E-state index contributed by atoms with van der Waals surface area (Å²) in [6.07, 6.45) is 2.18. The Morgan fingerprint density at radius 2 is 1.90 bits per heavy atom. The molecular formula is C18H19ClN2. The monoisotopic (exact) mass is 298 g/mol. The van der Waals surface area contributed by atoms with E-state index >= 15 is 0 Å². The molecule has 0 saturated carbocycles. The molecule has 21 heavy (non-hydrogen) atoms. The number of aryl methyl sites for hydroxylation is 2. The summed E-state index contributed by atoms with van der Waals surface area (Å²) in [6, 6.07) is 14.8. The lowest BCUT2D eigenvalue weighted by Gasteiger charge is -2.14. The van der Waals surface area contributed by atoms with E-state index in [0.29, 0.717) is 5.88 Å². The molecule has 3 heteroatoms. The second-order valence-corrected chi connectivity index (χ2v) is 5.59. The minimum Gasteiger partial charge on any atom is -0.295 e. The molecule has 0 unspecified atom stereocenters. The lowest BCUT2D eigenvalue weighted by molar-refractivity contribution is 0.889. The van der Waals surface area contributed by atoms with Crippen molar-refractivity contribution in [2.75, 3.05) is 0 Å². The number of benzene rings is 2. The van der Waals surface area contributed by atoms with Gasteiger partial charge < -0.3 is 0 Å². The highest BCUT2D eigenvalue weighted by atomic mass is 35.5. The predicted molar refractivity (Wildman–Crippen MR) is 89.4 cm³/mol. The number of hydrogen-bond donors (Lipinski definition) is 0. The van der Waals surface area contributed by atoms with Gasteiger partial charge in [0, 0.05) is 0 Å². The van der Waals surface area contributed by atoms with Crippen molar-refractivity contribution in [1.29, 1.82) is 0 Å². The van der Waals surface area contributed by atoms with Crippen LogP contribution in [0.25, 0.3) is 16.7 Å². The number of aromatic nitrogens is 2. The van der Waals surface area contributed by atoms with E-state index in [4.69, 9.17) is 16.6 Å². The molecule has 0 aliphatic rings. The summed E-state index contributed by atoms with van der Waals surface area (Å²) in [5.41, 5.74) is 5.94. The molecule has 0 atom stereocenters. The average molecular weight is 299 g/mol. The number of para-hydroxylation sites is 2. The van der Waals surface area contributed by atoms with E-state index in [9.17, 15) is 0 Å². The SMILES string of the molecule is CCCc1ccccc1-n1c(CCl)nc2cccc(C)c21. The van der Waals surface area contributed by atoms with Gasteiger partial charge in [0.1, 0.15) is 5.82 Å². The van der Waals surface area contributed by atoms with Crippen LogP contribution in [0.1, 0.15) is 30.3 Å². The Kier molecular flexibility index (Phi) is 3.98. The topological polar surface area (TPSA) is 17.8 Å². The maximum atomic E-state index is 6.15. The Labute approximate surface area is 130 Å². The highest BCUT2D eigenvalue weighted by Gasteiger charge is 2.15. The van der Waals surface area contributed by atoms with Gasteiger partial charge in [-0.2, -0.15) is 0 Å². The number of fused-ring (bicyclic) bond motifs is 1. The summed E-state index contributed by atoms with van der Waals surface area (Å²) in [6.45, 7) is 4.33. The zero-order chi connectivity index (χ0) is 14.8. The Hall–Kier alpha value is -1.80. The van der Waals surface area contributed by atoms with Crippen molar-refractivity contribution in [1.82, 2.24) is 9.55 Å². The van der Waals surface area contributed by atoms with Gasteiger partial charge in [-0.15, -0.1) is 11.6 Å². The van der Waals surface area contributed by atoms with Crippen LogP contribution in [0.5, 0.6) is 0 Å². The van der Waals surface area contributed by atoms with Gasteiger partial charge >= 0.3 is 0 Å². The first-order chi connectivity index (χ1) is 10.3. The van der Waals surface area contributed by atoms with E-state index in [1.54, 1.807) is 0 Å². The van der Waals surface area contributed by atoms with Crippen molar-refractivity contribution in [2.24, 2.45) is 0 Å². The lowest BCUT2D eigenvalue weighted by atomic mass is 10.1. The van der Waals surface area contributed by atoms with E-state index in [0.717, 1.165) is 29.7 Å². The molecule has 108 valence electrons. The first kappa shape index (κ1) is 14.2. The fourth-order valence-corrected chi connectivity index (χ4v) is 3.08. The van der Waals surface area contributed by atoms with Crippen molar-refractivity contribution in [3.05, 3.63) is 59.4 Å². The molecule has 0 spiro atoms. The molecule has 2 aromatic carbocycles. The Morgan fingerprint density at radius 1 is 1.10 bits per heavy atom. The molecule has 0 saturated heterocycles. The number of halogens is 1.